The van der Waals surface area contributed by atoms with Gasteiger partial charge in [-0.1, -0.05) is 6.58 Å². The maximum absolute atomic E-state index is 9.75. The van der Waals surface area contributed by atoms with E-state index < -0.39 is 20.1 Å². The van der Waals surface area contributed by atoms with Crippen LogP contribution in [0.5, 0.6) is 0 Å². The minimum absolute atomic E-state index is 0.833. The van der Waals surface area contributed by atoms with Gasteiger partial charge in [0.05, 0.1) is 0 Å². The van der Waals surface area contributed by atoms with Crippen molar-refractivity contribution in [3.8, 4) is 0 Å². The second kappa shape index (κ2) is 6.76. The van der Waals surface area contributed by atoms with Crippen LogP contribution in [0, 0.1) is 0 Å². The summed E-state index contributed by atoms with van der Waals surface area (Å²) in [7, 11) is -4.47. The molecular weight excluding hydrogens is 203 g/mol. The van der Waals surface area contributed by atoms with Crippen molar-refractivity contribution < 1.29 is 33.9 Å². The lowest BCUT2D eigenvalue weighted by Crippen LogP contribution is -2.02. The molecule has 0 bridgehead atoms. The number of carboxylic acids is 1. The number of phosphoric ester groups is 1. The Kier molecular flexibility index (Phi) is 7.69. The summed E-state index contributed by atoms with van der Waals surface area (Å²) in [5, 5.41) is 15.8. The Morgan fingerprint density at radius 3 is 1.92 bits per heavy atom. The first-order chi connectivity index (χ1) is 5.69. The van der Waals surface area contributed by atoms with Gasteiger partial charge in [0.15, 0.2) is 6.29 Å². The van der Waals surface area contributed by atoms with Crippen LogP contribution in [0.3, 0.4) is 0 Å². The Labute approximate surface area is 74.5 Å². The zero-order valence-corrected chi connectivity index (χ0v) is 7.72. The molecule has 0 saturated heterocycles. The van der Waals surface area contributed by atoms with Crippen LogP contribution in [0.1, 0.15) is 6.92 Å². The summed E-state index contributed by atoms with van der Waals surface area (Å²) >= 11 is 0. The topological polar surface area (TPSA) is 124 Å². The summed E-state index contributed by atoms with van der Waals surface area (Å²) in [4.78, 5) is 25.1. The minimum Gasteiger partial charge on any atom is -0.478 e. The molecule has 1 atom stereocenters. The molecule has 0 fully saturated rings. The molecule has 8 heteroatoms. The first kappa shape index (κ1) is 14.8. The van der Waals surface area contributed by atoms with Crippen molar-refractivity contribution in [2.45, 2.75) is 13.2 Å². The van der Waals surface area contributed by atoms with Gasteiger partial charge in [-0.15, -0.1) is 0 Å². The Morgan fingerprint density at radius 2 is 1.92 bits per heavy atom. The first-order valence-electron chi connectivity index (χ1n) is 2.96. The molecule has 0 aliphatic carbocycles. The number of phosphoric acid groups is 1. The average Bonchev–Trinajstić information content (AvgIpc) is 1.83. The molecule has 78 valence electrons. The lowest BCUT2D eigenvalue weighted by Gasteiger charge is -2.05. The minimum atomic E-state index is -4.47. The van der Waals surface area contributed by atoms with Crippen LogP contribution in [-0.2, 0) is 13.9 Å². The van der Waals surface area contributed by atoms with E-state index in [1.165, 1.54) is 0 Å². The van der Waals surface area contributed by atoms with Crippen LogP contribution in [0.25, 0.3) is 0 Å². The van der Waals surface area contributed by atoms with Crippen LogP contribution >= 0.6 is 7.82 Å². The van der Waals surface area contributed by atoms with Crippen LogP contribution in [0.15, 0.2) is 12.7 Å². The smallest absolute Gasteiger partial charge is 0.471 e. The third kappa shape index (κ3) is 24.6. The van der Waals surface area contributed by atoms with Crippen LogP contribution in [0.2, 0.25) is 0 Å². The number of carboxylic acid groups (broad SMARTS) is 1. The van der Waals surface area contributed by atoms with Crippen molar-refractivity contribution in [1.29, 1.82) is 0 Å². The van der Waals surface area contributed by atoms with Gasteiger partial charge >= 0.3 is 13.8 Å². The summed E-state index contributed by atoms with van der Waals surface area (Å²) in [5.41, 5.74) is 0. The summed E-state index contributed by atoms with van der Waals surface area (Å²) in [6.45, 7) is 4.07. The predicted octanol–water partition coefficient (Wildman–Crippen LogP) is -0.309. The maximum atomic E-state index is 9.75. The fraction of sp³-hybridized carbons (Fsp3) is 0.400. The van der Waals surface area contributed by atoms with E-state index >= 15 is 0 Å². The third-order valence-corrected chi connectivity index (χ3v) is 1.04. The molecule has 0 spiro atoms. The number of rotatable bonds is 3. The summed E-state index contributed by atoms with van der Waals surface area (Å²) in [5.74, 6) is -0.981. The second-order valence-electron chi connectivity index (χ2n) is 1.74. The molecule has 0 amide bonds. The fourth-order valence-corrected chi connectivity index (χ4v) is 0.596. The van der Waals surface area contributed by atoms with Gasteiger partial charge in [-0.3, -0.25) is 4.52 Å². The average molecular weight is 214 g/mol. The highest BCUT2D eigenvalue weighted by molar-refractivity contribution is 7.46. The summed E-state index contributed by atoms with van der Waals surface area (Å²) < 4.78 is 13.4. The summed E-state index contributed by atoms with van der Waals surface area (Å²) in [6, 6.07) is 0. The van der Waals surface area contributed by atoms with Crippen molar-refractivity contribution in [2.24, 2.45) is 0 Å². The van der Waals surface area contributed by atoms with Crippen molar-refractivity contribution >= 4 is 13.8 Å². The SMILES string of the molecule is C=CC(=O)O.CC(O)OP(=O)(O)O. The highest BCUT2D eigenvalue weighted by Crippen LogP contribution is 2.36. The second-order valence-corrected chi connectivity index (χ2v) is 2.93. The molecular formula is C5H11O7P. The quantitative estimate of drug-likeness (QED) is 0.288. The van der Waals surface area contributed by atoms with E-state index in [0.29, 0.717) is 0 Å². The van der Waals surface area contributed by atoms with Crippen LogP contribution in [-0.4, -0.2) is 32.3 Å². The fourth-order valence-electron chi connectivity index (χ4n) is 0.199. The van der Waals surface area contributed by atoms with Crippen molar-refractivity contribution in [3.63, 3.8) is 0 Å². The van der Waals surface area contributed by atoms with E-state index in [-0.39, 0.29) is 0 Å². The molecule has 0 aromatic carbocycles. The van der Waals surface area contributed by atoms with E-state index in [2.05, 4.69) is 11.1 Å². The Bertz CT molecular complexity index is 205. The molecule has 0 saturated carbocycles. The van der Waals surface area contributed by atoms with Gasteiger partial charge < -0.3 is 20.0 Å². The van der Waals surface area contributed by atoms with E-state index in [1.807, 2.05) is 0 Å². The van der Waals surface area contributed by atoms with Crippen LogP contribution < -0.4 is 0 Å². The third-order valence-electron chi connectivity index (χ3n) is 0.464. The Morgan fingerprint density at radius 1 is 1.62 bits per heavy atom. The van der Waals surface area contributed by atoms with E-state index in [4.69, 9.17) is 20.0 Å². The van der Waals surface area contributed by atoms with Crippen molar-refractivity contribution in [1.82, 2.24) is 0 Å². The molecule has 0 aromatic rings. The molecule has 13 heavy (non-hydrogen) atoms. The van der Waals surface area contributed by atoms with Gasteiger partial charge in [-0.05, 0) is 6.92 Å². The molecule has 0 aliphatic heterocycles. The molecule has 4 N–H and O–H groups in total. The van der Waals surface area contributed by atoms with Gasteiger partial charge in [0.1, 0.15) is 0 Å². The molecule has 0 radical (unpaired) electrons. The highest BCUT2D eigenvalue weighted by Gasteiger charge is 2.16. The summed E-state index contributed by atoms with van der Waals surface area (Å²) in [6.07, 6.45) is -0.587. The molecule has 1 unspecified atom stereocenters. The zero-order chi connectivity index (χ0) is 11.1. The van der Waals surface area contributed by atoms with Gasteiger partial charge in [0, 0.05) is 6.08 Å². The van der Waals surface area contributed by atoms with Gasteiger partial charge in [0.2, 0.25) is 0 Å². The molecule has 7 nitrogen and oxygen atoms in total. The maximum Gasteiger partial charge on any atom is 0.471 e. The van der Waals surface area contributed by atoms with Gasteiger partial charge in [-0.2, -0.15) is 0 Å². The van der Waals surface area contributed by atoms with Crippen molar-refractivity contribution in [2.75, 3.05) is 0 Å². The van der Waals surface area contributed by atoms with E-state index in [1.54, 1.807) is 0 Å². The van der Waals surface area contributed by atoms with Crippen molar-refractivity contribution in [3.05, 3.63) is 12.7 Å². The number of aliphatic carboxylic acids is 1. The van der Waals surface area contributed by atoms with Gasteiger partial charge in [-0.25, -0.2) is 9.36 Å². The number of carbonyl (C=O) groups is 1. The normalized spacial score (nSPS) is 12.3. The lowest BCUT2D eigenvalue weighted by molar-refractivity contribution is -0.131. The Balaban J connectivity index is 0. The number of hydrogen-bond acceptors (Lipinski definition) is 4. The molecule has 0 rings (SSSR count). The van der Waals surface area contributed by atoms with Crippen LogP contribution in [0.4, 0.5) is 0 Å². The first-order valence-corrected chi connectivity index (χ1v) is 4.49. The largest absolute Gasteiger partial charge is 0.478 e. The molecule has 0 aromatic heterocycles. The number of hydrogen-bond donors (Lipinski definition) is 4. The standard InChI is InChI=1S/C3H4O2.C2H7O5P/c1-2-3(4)5;1-2(3)7-8(4,5)6/h2H,1H2,(H,4,5);2-3H,1H3,(H2,4,5,6). The zero-order valence-electron chi connectivity index (χ0n) is 6.82. The van der Waals surface area contributed by atoms with E-state index in [0.717, 1.165) is 13.0 Å². The number of aliphatic hydroxyl groups excluding tert-OH is 1. The number of aliphatic hydroxyl groups is 1. The lowest BCUT2D eigenvalue weighted by atomic mass is 10.7. The Hall–Kier alpha value is -0.720. The van der Waals surface area contributed by atoms with Gasteiger partial charge in [0.25, 0.3) is 0 Å². The predicted molar refractivity (Wildman–Crippen MR) is 42.6 cm³/mol. The highest BCUT2D eigenvalue weighted by atomic mass is 31.2. The molecule has 0 aliphatic rings. The molecule has 0 heterocycles. The monoisotopic (exact) mass is 214 g/mol. The van der Waals surface area contributed by atoms with E-state index in [9.17, 15) is 9.36 Å².